The summed E-state index contributed by atoms with van der Waals surface area (Å²) in [6, 6.07) is 9.05. The lowest BCUT2D eigenvalue weighted by Gasteiger charge is -2.29. The maximum Gasteiger partial charge on any atom is 0.573 e. The maximum absolute atomic E-state index is 15.3. The van der Waals surface area contributed by atoms with Gasteiger partial charge in [-0.05, 0) is 66.3 Å². The molecule has 2 aromatic carbocycles. The van der Waals surface area contributed by atoms with Crippen LogP contribution in [0.4, 0.5) is 17.6 Å². The van der Waals surface area contributed by atoms with Crippen molar-refractivity contribution in [1.82, 2.24) is 0 Å². The van der Waals surface area contributed by atoms with Crippen LogP contribution in [0.15, 0.2) is 42.0 Å². The van der Waals surface area contributed by atoms with Crippen LogP contribution in [-0.2, 0) is 6.42 Å². The molecule has 1 fully saturated rings. The van der Waals surface area contributed by atoms with Crippen molar-refractivity contribution in [2.45, 2.75) is 96.8 Å². The van der Waals surface area contributed by atoms with E-state index in [0.717, 1.165) is 30.2 Å². The molecule has 0 spiro atoms. The zero-order valence-corrected chi connectivity index (χ0v) is 21.3. The molecular weight excluding hydrogens is 464 g/mol. The highest BCUT2D eigenvalue weighted by atomic mass is 19.4. The third kappa shape index (κ3) is 7.36. The van der Waals surface area contributed by atoms with Gasteiger partial charge < -0.3 is 4.74 Å². The molecule has 0 N–H and O–H groups in total. The van der Waals surface area contributed by atoms with Crippen molar-refractivity contribution < 1.29 is 22.3 Å². The van der Waals surface area contributed by atoms with Crippen LogP contribution in [0.25, 0.3) is 17.2 Å². The molecule has 0 unspecified atom stereocenters. The quantitative estimate of drug-likeness (QED) is 0.232. The summed E-state index contributed by atoms with van der Waals surface area (Å²) in [7, 11) is 0. The zero-order chi connectivity index (χ0) is 25.5. The van der Waals surface area contributed by atoms with Crippen molar-refractivity contribution in [2.24, 2.45) is 11.8 Å². The number of fused-ring (bicyclic) bond motifs is 1. The highest BCUT2D eigenvalue weighted by Gasteiger charge is 2.31. The van der Waals surface area contributed by atoms with Crippen LogP contribution in [0.1, 0.15) is 95.1 Å². The van der Waals surface area contributed by atoms with Crippen LogP contribution >= 0.6 is 0 Å². The van der Waals surface area contributed by atoms with Gasteiger partial charge in [0.05, 0.1) is 0 Å². The van der Waals surface area contributed by atoms with Crippen molar-refractivity contribution in [1.29, 1.82) is 0 Å². The first-order chi connectivity index (χ1) is 17.3. The number of allylic oxidation sites excluding steroid dienone is 1. The lowest BCUT2D eigenvalue weighted by atomic mass is 9.77. The molecule has 2 aliphatic rings. The summed E-state index contributed by atoms with van der Waals surface area (Å²) in [4.78, 5) is 0. The first-order valence-electron chi connectivity index (χ1n) is 13.7. The van der Waals surface area contributed by atoms with Gasteiger partial charge in [-0.3, -0.25) is 0 Å². The van der Waals surface area contributed by atoms with Gasteiger partial charge in [-0.1, -0.05) is 101 Å². The monoisotopic (exact) mass is 502 g/mol. The van der Waals surface area contributed by atoms with Gasteiger partial charge in [-0.2, -0.15) is 0 Å². The van der Waals surface area contributed by atoms with Crippen molar-refractivity contribution in [2.75, 3.05) is 0 Å². The Kier molecular flexibility index (Phi) is 9.14. The molecule has 2 aromatic rings. The van der Waals surface area contributed by atoms with Gasteiger partial charge in [0, 0.05) is 5.56 Å². The Balaban J connectivity index is 1.31. The molecule has 0 atom stereocenters. The molecule has 0 aromatic heterocycles. The number of ether oxygens (including phenoxy) is 1. The summed E-state index contributed by atoms with van der Waals surface area (Å²) in [5.74, 6) is 1.18. The topological polar surface area (TPSA) is 9.23 Å². The Bertz CT molecular complexity index is 1010. The van der Waals surface area contributed by atoms with Gasteiger partial charge in [0.25, 0.3) is 0 Å². The standard InChI is InChI=1S/C31H38F4O/c1-2-3-4-5-6-22-7-9-23(10-8-22)11-12-24-13-19-29-26(21-24)16-20-28(30(29)32)25-14-17-27(18-15-25)36-31(33,34)35/h14-18,20-23H,2-13,19H2,1H3. The van der Waals surface area contributed by atoms with E-state index in [1.165, 1.54) is 94.0 Å². The predicted octanol–water partition coefficient (Wildman–Crippen LogP) is 10.3. The van der Waals surface area contributed by atoms with Gasteiger partial charge >= 0.3 is 6.36 Å². The number of hydrogen-bond acceptors (Lipinski definition) is 1. The van der Waals surface area contributed by atoms with E-state index in [4.69, 9.17) is 0 Å². The highest BCUT2D eigenvalue weighted by molar-refractivity contribution is 5.71. The van der Waals surface area contributed by atoms with Gasteiger partial charge in [0.15, 0.2) is 0 Å². The van der Waals surface area contributed by atoms with Crippen LogP contribution in [0, 0.1) is 17.7 Å². The number of halogens is 4. The van der Waals surface area contributed by atoms with Crippen LogP contribution in [0.5, 0.6) is 5.75 Å². The Morgan fingerprint density at radius 3 is 2.19 bits per heavy atom. The second-order valence-corrected chi connectivity index (χ2v) is 10.6. The van der Waals surface area contributed by atoms with E-state index in [9.17, 15) is 13.2 Å². The molecule has 36 heavy (non-hydrogen) atoms. The van der Waals surface area contributed by atoms with E-state index in [0.29, 0.717) is 23.1 Å². The molecule has 0 aliphatic heterocycles. The minimum absolute atomic E-state index is 0.274. The number of rotatable bonds is 10. The maximum atomic E-state index is 15.3. The zero-order valence-electron chi connectivity index (χ0n) is 21.3. The molecule has 0 saturated heterocycles. The number of alkyl halides is 3. The molecule has 0 heterocycles. The number of benzene rings is 2. The summed E-state index contributed by atoms with van der Waals surface area (Å²) < 4.78 is 56.5. The highest BCUT2D eigenvalue weighted by Crippen LogP contribution is 2.38. The first-order valence-corrected chi connectivity index (χ1v) is 13.7. The molecule has 2 aliphatic carbocycles. The number of unbranched alkanes of at least 4 members (excludes halogenated alkanes) is 3. The van der Waals surface area contributed by atoms with Crippen LogP contribution in [0.2, 0.25) is 0 Å². The third-order valence-electron chi connectivity index (χ3n) is 8.04. The largest absolute Gasteiger partial charge is 0.573 e. The normalized spacial score (nSPS) is 20.1. The average Bonchev–Trinajstić information content (AvgIpc) is 2.86. The SMILES string of the molecule is CCCCCCC1CCC(CCC2=Cc3ccc(-c4ccc(OC(F)(F)F)cc4)c(F)c3CC2)CC1. The van der Waals surface area contributed by atoms with E-state index in [1.807, 2.05) is 6.07 Å². The van der Waals surface area contributed by atoms with Crippen LogP contribution in [-0.4, -0.2) is 6.36 Å². The fourth-order valence-electron chi connectivity index (χ4n) is 5.92. The second kappa shape index (κ2) is 12.3. The van der Waals surface area contributed by atoms with Gasteiger partial charge in [-0.15, -0.1) is 13.2 Å². The fourth-order valence-corrected chi connectivity index (χ4v) is 5.92. The summed E-state index contributed by atoms with van der Waals surface area (Å²) in [5.41, 5.74) is 4.00. The Labute approximate surface area is 212 Å². The summed E-state index contributed by atoms with van der Waals surface area (Å²) in [6.45, 7) is 2.27. The first kappa shape index (κ1) is 26.8. The van der Waals surface area contributed by atoms with E-state index >= 15 is 4.39 Å². The van der Waals surface area contributed by atoms with E-state index in [1.54, 1.807) is 6.07 Å². The molecule has 0 amide bonds. The Morgan fingerprint density at radius 1 is 0.833 bits per heavy atom. The fraction of sp³-hybridized carbons (Fsp3) is 0.548. The smallest absolute Gasteiger partial charge is 0.406 e. The van der Waals surface area contributed by atoms with Crippen molar-refractivity contribution in [3.05, 3.63) is 58.9 Å². The van der Waals surface area contributed by atoms with Crippen molar-refractivity contribution in [3.63, 3.8) is 0 Å². The summed E-state index contributed by atoms with van der Waals surface area (Å²) in [6.07, 6.45) is 13.6. The summed E-state index contributed by atoms with van der Waals surface area (Å²) >= 11 is 0. The molecule has 0 radical (unpaired) electrons. The van der Waals surface area contributed by atoms with Crippen LogP contribution in [0.3, 0.4) is 0 Å². The van der Waals surface area contributed by atoms with E-state index in [2.05, 4.69) is 17.7 Å². The lowest BCUT2D eigenvalue weighted by Crippen LogP contribution is -2.16. The van der Waals surface area contributed by atoms with Crippen LogP contribution < -0.4 is 4.74 Å². The lowest BCUT2D eigenvalue weighted by molar-refractivity contribution is -0.274. The molecule has 196 valence electrons. The summed E-state index contributed by atoms with van der Waals surface area (Å²) in [5, 5.41) is 0. The van der Waals surface area contributed by atoms with E-state index < -0.39 is 6.36 Å². The average molecular weight is 503 g/mol. The predicted molar refractivity (Wildman–Crippen MR) is 138 cm³/mol. The molecule has 0 bridgehead atoms. The van der Waals surface area contributed by atoms with Gasteiger partial charge in [-0.25, -0.2) is 4.39 Å². The molecular formula is C31H38F4O. The molecule has 1 nitrogen and oxygen atoms in total. The van der Waals surface area contributed by atoms with E-state index in [-0.39, 0.29) is 11.6 Å². The molecule has 4 rings (SSSR count). The third-order valence-corrected chi connectivity index (χ3v) is 8.04. The Hall–Kier alpha value is -2.30. The molecule has 5 heteroatoms. The minimum Gasteiger partial charge on any atom is -0.406 e. The van der Waals surface area contributed by atoms with Gasteiger partial charge in [0.1, 0.15) is 11.6 Å². The van der Waals surface area contributed by atoms with Gasteiger partial charge in [0.2, 0.25) is 0 Å². The van der Waals surface area contributed by atoms with Crippen molar-refractivity contribution in [3.8, 4) is 16.9 Å². The minimum atomic E-state index is -4.74. The van der Waals surface area contributed by atoms with Crippen molar-refractivity contribution >= 4 is 6.08 Å². The number of hydrogen-bond donors (Lipinski definition) is 0. The molecule has 1 saturated carbocycles. The second-order valence-electron chi connectivity index (χ2n) is 10.6. The Morgan fingerprint density at radius 2 is 1.53 bits per heavy atom.